The molecular weight excluding hydrogens is 327 g/mol. The van der Waals surface area contributed by atoms with Crippen molar-refractivity contribution in [2.24, 2.45) is 0 Å². The topological polar surface area (TPSA) is 12.5 Å². The van der Waals surface area contributed by atoms with Crippen molar-refractivity contribution < 1.29 is 17.9 Å². The van der Waals surface area contributed by atoms with Gasteiger partial charge in [-0.05, 0) is 42.7 Å². The van der Waals surface area contributed by atoms with E-state index in [-0.39, 0.29) is 6.42 Å². The Kier molecular flexibility index (Phi) is 5.43. The number of alkyl halides is 3. The molecule has 0 unspecified atom stereocenters. The number of benzene rings is 2. The van der Waals surface area contributed by atoms with Crippen LogP contribution in [0.15, 0.2) is 66.2 Å². The number of hydrogen-bond acceptors (Lipinski definition) is 2. The molecule has 2 aromatic rings. The third-order valence-corrected chi connectivity index (χ3v) is 4.28. The van der Waals surface area contributed by atoms with Gasteiger partial charge in [0.05, 0.1) is 0 Å². The van der Waals surface area contributed by atoms with Gasteiger partial charge in [0.1, 0.15) is 11.5 Å². The summed E-state index contributed by atoms with van der Waals surface area (Å²) >= 11 is 0. The smallest absolute Gasteiger partial charge is 0.412 e. The monoisotopic (exact) mass is 347 g/mol. The minimum Gasteiger partial charge on any atom is -0.457 e. The number of rotatable bonds is 5. The second-order valence-electron chi connectivity index (χ2n) is 6.09. The summed E-state index contributed by atoms with van der Waals surface area (Å²) in [6.45, 7) is 1.57. The van der Waals surface area contributed by atoms with Crippen LogP contribution in [0.2, 0.25) is 0 Å². The average Bonchev–Trinajstić information content (AvgIpc) is 2.62. The van der Waals surface area contributed by atoms with Crippen molar-refractivity contribution >= 4 is 0 Å². The second-order valence-corrected chi connectivity index (χ2v) is 6.09. The fraction of sp³-hybridized carbons (Fsp3) is 0.300. The Morgan fingerprint density at radius 1 is 0.920 bits per heavy atom. The van der Waals surface area contributed by atoms with Crippen LogP contribution < -0.4 is 4.74 Å². The van der Waals surface area contributed by atoms with Crippen LogP contribution in [0.25, 0.3) is 0 Å². The number of hydrogen-bond donors (Lipinski definition) is 0. The van der Waals surface area contributed by atoms with Crippen molar-refractivity contribution in [3.05, 3.63) is 71.8 Å². The summed E-state index contributed by atoms with van der Waals surface area (Å²) in [4.78, 5) is 2.05. The minimum atomic E-state index is -4.18. The number of para-hydroxylation sites is 1. The molecule has 132 valence electrons. The van der Waals surface area contributed by atoms with Gasteiger partial charge in [-0.15, -0.1) is 0 Å². The molecular formula is C20H20F3NO. The van der Waals surface area contributed by atoms with Gasteiger partial charge in [0.25, 0.3) is 0 Å². The third kappa shape index (κ3) is 5.10. The van der Waals surface area contributed by atoms with Crippen LogP contribution in [0.1, 0.15) is 12.0 Å². The summed E-state index contributed by atoms with van der Waals surface area (Å²) in [7, 11) is 0. The van der Waals surface area contributed by atoms with E-state index in [9.17, 15) is 13.2 Å². The Labute approximate surface area is 145 Å². The lowest BCUT2D eigenvalue weighted by Crippen LogP contribution is -2.33. The zero-order chi connectivity index (χ0) is 17.7. The van der Waals surface area contributed by atoms with E-state index in [1.54, 1.807) is 0 Å². The molecule has 3 rings (SSSR count). The molecule has 0 bridgehead atoms. The Morgan fingerprint density at radius 2 is 1.60 bits per heavy atom. The van der Waals surface area contributed by atoms with Gasteiger partial charge in [-0.25, -0.2) is 0 Å². The van der Waals surface area contributed by atoms with E-state index in [2.05, 4.69) is 0 Å². The molecule has 0 fully saturated rings. The summed E-state index contributed by atoms with van der Waals surface area (Å²) in [6.07, 6.45) is -1.99. The summed E-state index contributed by atoms with van der Waals surface area (Å²) < 4.78 is 43.6. The van der Waals surface area contributed by atoms with Gasteiger partial charge in [-0.2, -0.15) is 13.2 Å². The van der Waals surface area contributed by atoms with Crippen molar-refractivity contribution in [1.82, 2.24) is 4.90 Å². The second kappa shape index (κ2) is 7.74. The first-order chi connectivity index (χ1) is 12.0. The first-order valence-electron chi connectivity index (χ1n) is 8.31. The van der Waals surface area contributed by atoms with E-state index in [1.165, 1.54) is 6.08 Å². The van der Waals surface area contributed by atoms with Crippen LogP contribution in [0, 0.1) is 0 Å². The molecule has 2 aromatic carbocycles. The highest BCUT2D eigenvalue weighted by atomic mass is 19.4. The predicted octanol–water partition coefficient (Wildman–Crippen LogP) is 5.22. The normalized spacial score (nSPS) is 15.7. The van der Waals surface area contributed by atoms with Crippen LogP contribution in [-0.2, 0) is 6.42 Å². The first kappa shape index (κ1) is 17.5. The standard InChI is InChI=1S/C20H20F3NO/c21-20(22,23)17-11-14-24(15-12-17)13-10-16-6-8-19(9-7-16)25-18-4-2-1-3-5-18/h1-9,11H,10,12-15H2. The third-order valence-electron chi connectivity index (χ3n) is 4.28. The highest BCUT2D eigenvalue weighted by Crippen LogP contribution is 2.30. The van der Waals surface area contributed by atoms with Gasteiger partial charge < -0.3 is 4.74 Å². The fourth-order valence-electron chi connectivity index (χ4n) is 2.81. The molecule has 0 atom stereocenters. The molecule has 0 amide bonds. The highest BCUT2D eigenvalue weighted by Gasteiger charge is 2.34. The van der Waals surface area contributed by atoms with Crippen LogP contribution in [0.5, 0.6) is 11.5 Å². The summed E-state index contributed by atoms with van der Waals surface area (Å²) in [6, 6.07) is 17.4. The maximum atomic E-state index is 12.6. The molecule has 0 radical (unpaired) electrons. The van der Waals surface area contributed by atoms with Crippen LogP contribution in [0.3, 0.4) is 0 Å². The Balaban J connectivity index is 1.49. The molecule has 25 heavy (non-hydrogen) atoms. The Morgan fingerprint density at radius 3 is 2.20 bits per heavy atom. The van der Waals surface area contributed by atoms with Crippen molar-refractivity contribution in [1.29, 1.82) is 0 Å². The molecule has 0 saturated heterocycles. The van der Waals surface area contributed by atoms with Crippen LogP contribution in [-0.4, -0.2) is 30.7 Å². The quantitative estimate of drug-likeness (QED) is 0.688. The first-order valence-corrected chi connectivity index (χ1v) is 8.31. The lowest BCUT2D eigenvalue weighted by Gasteiger charge is -2.27. The fourth-order valence-corrected chi connectivity index (χ4v) is 2.81. The predicted molar refractivity (Wildman–Crippen MR) is 91.9 cm³/mol. The van der Waals surface area contributed by atoms with Crippen molar-refractivity contribution in [2.45, 2.75) is 19.0 Å². The maximum absolute atomic E-state index is 12.6. The summed E-state index contributed by atoms with van der Waals surface area (Å²) in [5.74, 6) is 1.56. The average molecular weight is 347 g/mol. The van der Waals surface area contributed by atoms with Gasteiger partial charge in [0.15, 0.2) is 0 Å². The lowest BCUT2D eigenvalue weighted by molar-refractivity contribution is -0.0959. The van der Waals surface area contributed by atoms with Gasteiger partial charge >= 0.3 is 6.18 Å². The highest BCUT2D eigenvalue weighted by molar-refractivity contribution is 5.33. The Bertz CT molecular complexity index is 708. The van der Waals surface area contributed by atoms with E-state index in [0.29, 0.717) is 13.1 Å². The zero-order valence-corrected chi connectivity index (χ0v) is 13.8. The number of halogens is 3. The van der Waals surface area contributed by atoms with Gasteiger partial charge in [-0.1, -0.05) is 36.4 Å². The van der Waals surface area contributed by atoms with Crippen molar-refractivity contribution in [3.8, 4) is 11.5 Å². The zero-order valence-electron chi connectivity index (χ0n) is 13.8. The summed E-state index contributed by atoms with van der Waals surface area (Å²) in [5, 5.41) is 0. The molecule has 1 heterocycles. The van der Waals surface area contributed by atoms with E-state index < -0.39 is 11.7 Å². The molecule has 1 aliphatic rings. The van der Waals surface area contributed by atoms with Crippen molar-refractivity contribution in [3.63, 3.8) is 0 Å². The molecule has 2 nitrogen and oxygen atoms in total. The van der Waals surface area contributed by atoms with Crippen LogP contribution in [0.4, 0.5) is 13.2 Å². The lowest BCUT2D eigenvalue weighted by atomic mass is 10.1. The summed E-state index contributed by atoms with van der Waals surface area (Å²) in [5.41, 5.74) is 0.747. The molecule has 0 spiro atoms. The number of ether oxygens (including phenoxy) is 1. The molecule has 0 aromatic heterocycles. The molecule has 0 aliphatic carbocycles. The largest absolute Gasteiger partial charge is 0.457 e. The van der Waals surface area contributed by atoms with E-state index in [1.807, 2.05) is 59.5 Å². The molecule has 0 saturated carbocycles. The minimum absolute atomic E-state index is 0.0767. The maximum Gasteiger partial charge on any atom is 0.412 e. The van der Waals surface area contributed by atoms with E-state index >= 15 is 0 Å². The van der Waals surface area contributed by atoms with Gasteiger partial charge in [0, 0.05) is 25.2 Å². The van der Waals surface area contributed by atoms with Crippen LogP contribution >= 0.6 is 0 Å². The van der Waals surface area contributed by atoms with E-state index in [0.717, 1.165) is 30.0 Å². The van der Waals surface area contributed by atoms with Crippen molar-refractivity contribution in [2.75, 3.05) is 19.6 Å². The van der Waals surface area contributed by atoms with E-state index in [4.69, 9.17) is 4.74 Å². The van der Waals surface area contributed by atoms with Gasteiger partial charge in [-0.3, -0.25) is 4.90 Å². The molecule has 5 heteroatoms. The molecule has 0 N–H and O–H groups in total. The molecule has 1 aliphatic heterocycles. The number of nitrogens with zero attached hydrogens (tertiary/aromatic N) is 1. The SMILES string of the molecule is FC(F)(F)C1=CCN(CCc2ccc(Oc3ccccc3)cc2)CC1. The van der Waals surface area contributed by atoms with Gasteiger partial charge in [0.2, 0.25) is 0 Å². The Hall–Kier alpha value is -2.27.